The van der Waals surface area contributed by atoms with Crippen molar-refractivity contribution in [2.75, 3.05) is 23.4 Å². The summed E-state index contributed by atoms with van der Waals surface area (Å²) in [5.74, 6) is 0. The maximum atomic E-state index is 5.85. The van der Waals surface area contributed by atoms with Crippen molar-refractivity contribution in [2.24, 2.45) is 5.10 Å². The van der Waals surface area contributed by atoms with E-state index in [1.165, 1.54) is 38.0 Å². The van der Waals surface area contributed by atoms with E-state index in [-0.39, 0.29) is 0 Å². The fourth-order valence-corrected chi connectivity index (χ4v) is 2.76. The van der Waals surface area contributed by atoms with Crippen LogP contribution < -0.4 is 10.3 Å². The first-order chi connectivity index (χ1) is 10.8. The topological polar surface area (TPSA) is 27.6 Å². The molecule has 3 rings (SSSR count). The lowest BCUT2D eigenvalue weighted by Crippen LogP contribution is -2.29. The standard InChI is InChI=1S/C18H20ClN3/c19-16-6-8-17(9-7-16)21-20-14-15-4-10-18(11-5-15)22-12-2-1-3-13-22/h4-11,14,21H,1-3,12-13H2. The fourth-order valence-electron chi connectivity index (χ4n) is 2.63. The summed E-state index contributed by atoms with van der Waals surface area (Å²) in [7, 11) is 0. The highest BCUT2D eigenvalue weighted by Crippen LogP contribution is 2.19. The Morgan fingerprint density at radius 2 is 1.59 bits per heavy atom. The minimum Gasteiger partial charge on any atom is -0.372 e. The van der Waals surface area contributed by atoms with E-state index in [0.29, 0.717) is 0 Å². The van der Waals surface area contributed by atoms with Crippen LogP contribution in [0, 0.1) is 0 Å². The number of anilines is 2. The molecule has 3 nitrogen and oxygen atoms in total. The SMILES string of the molecule is Clc1ccc(NN=Cc2ccc(N3CCCCC3)cc2)cc1. The van der Waals surface area contributed by atoms with Crippen molar-refractivity contribution in [2.45, 2.75) is 19.3 Å². The summed E-state index contributed by atoms with van der Waals surface area (Å²) in [6, 6.07) is 16.1. The Bertz CT molecular complexity index is 614. The number of piperidine rings is 1. The quantitative estimate of drug-likeness (QED) is 0.650. The molecular weight excluding hydrogens is 294 g/mol. The zero-order valence-corrected chi connectivity index (χ0v) is 13.3. The normalized spacial score (nSPS) is 15.2. The lowest BCUT2D eigenvalue weighted by atomic mass is 10.1. The minimum absolute atomic E-state index is 0.725. The van der Waals surface area contributed by atoms with Gasteiger partial charge in [0.05, 0.1) is 11.9 Å². The van der Waals surface area contributed by atoms with Gasteiger partial charge < -0.3 is 4.90 Å². The van der Waals surface area contributed by atoms with Crippen LogP contribution >= 0.6 is 11.6 Å². The Balaban J connectivity index is 1.58. The predicted octanol–water partition coefficient (Wildman–Crippen LogP) is 4.78. The third-order valence-corrected chi connectivity index (χ3v) is 4.12. The maximum absolute atomic E-state index is 5.85. The van der Waals surface area contributed by atoms with Gasteiger partial charge in [0, 0.05) is 23.8 Å². The van der Waals surface area contributed by atoms with Crippen LogP contribution in [-0.4, -0.2) is 19.3 Å². The molecule has 0 atom stereocenters. The molecule has 0 aliphatic carbocycles. The van der Waals surface area contributed by atoms with Crippen molar-refractivity contribution in [3.05, 3.63) is 59.1 Å². The molecule has 1 heterocycles. The summed E-state index contributed by atoms with van der Waals surface area (Å²) < 4.78 is 0. The van der Waals surface area contributed by atoms with Gasteiger partial charge in [0.15, 0.2) is 0 Å². The molecule has 4 heteroatoms. The van der Waals surface area contributed by atoms with E-state index < -0.39 is 0 Å². The van der Waals surface area contributed by atoms with Crippen molar-refractivity contribution in [3.8, 4) is 0 Å². The lowest BCUT2D eigenvalue weighted by molar-refractivity contribution is 0.578. The molecule has 0 amide bonds. The molecule has 0 bridgehead atoms. The molecule has 22 heavy (non-hydrogen) atoms. The van der Waals surface area contributed by atoms with Crippen molar-refractivity contribution < 1.29 is 0 Å². The van der Waals surface area contributed by atoms with Crippen LogP contribution in [0.3, 0.4) is 0 Å². The molecule has 0 aromatic heterocycles. The van der Waals surface area contributed by atoms with E-state index in [1.54, 1.807) is 0 Å². The summed E-state index contributed by atoms with van der Waals surface area (Å²) in [5.41, 5.74) is 6.31. The summed E-state index contributed by atoms with van der Waals surface area (Å²) in [6.07, 6.45) is 5.79. The number of hydrogen-bond donors (Lipinski definition) is 1. The largest absolute Gasteiger partial charge is 0.372 e. The number of nitrogens with zero attached hydrogens (tertiary/aromatic N) is 2. The minimum atomic E-state index is 0.725. The first-order valence-corrected chi connectivity index (χ1v) is 8.09. The van der Waals surface area contributed by atoms with Crippen molar-refractivity contribution in [1.82, 2.24) is 0 Å². The van der Waals surface area contributed by atoms with E-state index in [4.69, 9.17) is 11.6 Å². The number of hydrazone groups is 1. The molecule has 114 valence electrons. The van der Waals surface area contributed by atoms with Gasteiger partial charge >= 0.3 is 0 Å². The Labute approximate surface area is 136 Å². The van der Waals surface area contributed by atoms with Gasteiger partial charge in [0.25, 0.3) is 0 Å². The predicted molar refractivity (Wildman–Crippen MR) is 95.2 cm³/mol. The van der Waals surface area contributed by atoms with E-state index in [2.05, 4.69) is 39.7 Å². The summed E-state index contributed by atoms with van der Waals surface area (Å²) >= 11 is 5.85. The highest BCUT2D eigenvalue weighted by atomic mass is 35.5. The third-order valence-electron chi connectivity index (χ3n) is 3.87. The van der Waals surface area contributed by atoms with Crippen molar-refractivity contribution in [1.29, 1.82) is 0 Å². The summed E-state index contributed by atoms with van der Waals surface area (Å²) in [5, 5.41) is 4.98. The lowest BCUT2D eigenvalue weighted by Gasteiger charge is -2.28. The van der Waals surface area contributed by atoms with Gasteiger partial charge in [0.2, 0.25) is 0 Å². The van der Waals surface area contributed by atoms with Crippen molar-refractivity contribution >= 4 is 29.2 Å². The van der Waals surface area contributed by atoms with Gasteiger partial charge in [0.1, 0.15) is 0 Å². The van der Waals surface area contributed by atoms with Gasteiger partial charge in [-0.3, -0.25) is 5.43 Å². The number of rotatable bonds is 4. The van der Waals surface area contributed by atoms with Gasteiger partial charge in [-0.05, 0) is 61.2 Å². The second kappa shape index (κ2) is 7.32. The molecule has 0 spiro atoms. The van der Waals surface area contributed by atoms with Crippen molar-refractivity contribution in [3.63, 3.8) is 0 Å². The van der Waals surface area contributed by atoms with E-state index >= 15 is 0 Å². The first-order valence-electron chi connectivity index (χ1n) is 7.71. The Hall–Kier alpha value is -2.00. The average Bonchev–Trinajstić information content (AvgIpc) is 2.58. The Morgan fingerprint density at radius 1 is 0.909 bits per heavy atom. The molecular formula is C18H20ClN3. The van der Waals surface area contributed by atoms with Gasteiger partial charge in [-0.25, -0.2) is 0 Å². The van der Waals surface area contributed by atoms with Crippen LogP contribution in [0.5, 0.6) is 0 Å². The number of nitrogens with one attached hydrogen (secondary N) is 1. The van der Waals surface area contributed by atoms with Crippen LogP contribution in [0.4, 0.5) is 11.4 Å². The number of hydrogen-bond acceptors (Lipinski definition) is 3. The molecule has 0 radical (unpaired) electrons. The fraction of sp³-hybridized carbons (Fsp3) is 0.278. The molecule has 1 N–H and O–H groups in total. The maximum Gasteiger partial charge on any atom is 0.0562 e. The molecule has 1 saturated heterocycles. The van der Waals surface area contributed by atoms with Crippen LogP contribution in [0.15, 0.2) is 53.6 Å². The van der Waals surface area contributed by atoms with Gasteiger partial charge in [-0.2, -0.15) is 5.10 Å². The second-order valence-electron chi connectivity index (χ2n) is 5.52. The average molecular weight is 314 g/mol. The molecule has 0 unspecified atom stereocenters. The molecule has 1 aliphatic heterocycles. The van der Waals surface area contributed by atoms with Crippen LogP contribution in [-0.2, 0) is 0 Å². The number of benzene rings is 2. The Morgan fingerprint density at radius 3 is 2.27 bits per heavy atom. The smallest absolute Gasteiger partial charge is 0.0562 e. The highest BCUT2D eigenvalue weighted by Gasteiger charge is 2.09. The van der Waals surface area contributed by atoms with E-state index in [1.807, 2.05) is 30.5 Å². The van der Waals surface area contributed by atoms with Crippen LogP contribution in [0.2, 0.25) is 5.02 Å². The third kappa shape index (κ3) is 4.01. The second-order valence-corrected chi connectivity index (χ2v) is 5.95. The summed E-state index contributed by atoms with van der Waals surface area (Å²) in [4.78, 5) is 2.45. The molecule has 2 aromatic rings. The van der Waals surface area contributed by atoms with Gasteiger partial charge in [-0.15, -0.1) is 0 Å². The molecule has 2 aromatic carbocycles. The summed E-state index contributed by atoms with van der Waals surface area (Å²) in [6.45, 7) is 2.34. The van der Waals surface area contributed by atoms with Crippen LogP contribution in [0.25, 0.3) is 0 Å². The molecule has 1 aliphatic rings. The first kappa shape index (κ1) is 14.9. The zero-order valence-electron chi connectivity index (χ0n) is 12.5. The molecule has 0 saturated carbocycles. The monoisotopic (exact) mass is 313 g/mol. The van der Waals surface area contributed by atoms with E-state index in [0.717, 1.165) is 16.3 Å². The Kier molecular flexibility index (Phi) is 4.96. The molecule has 1 fully saturated rings. The van der Waals surface area contributed by atoms with Crippen LogP contribution in [0.1, 0.15) is 24.8 Å². The highest BCUT2D eigenvalue weighted by molar-refractivity contribution is 6.30. The van der Waals surface area contributed by atoms with Gasteiger partial charge in [-0.1, -0.05) is 23.7 Å². The number of halogens is 1. The van der Waals surface area contributed by atoms with E-state index in [9.17, 15) is 0 Å². The zero-order chi connectivity index (χ0) is 15.2.